The van der Waals surface area contributed by atoms with Crippen molar-refractivity contribution in [3.8, 4) is 11.8 Å². The van der Waals surface area contributed by atoms with Crippen molar-refractivity contribution in [3.63, 3.8) is 0 Å². The van der Waals surface area contributed by atoms with Crippen molar-refractivity contribution in [3.05, 3.63) is 65.4 Å². The smallest absolute Gasteiger partial charge is 0.121 e. The van der Waals surface area contributed by atoms with Gasteiger partial charge < -0.3 is 15.0 Å². The van der Waals surface area contributed by atoms with Gasteiger partial charge in [0.05, 0.1) is 18.2 Å². The summed E-state index contributed by atoms with van der Waals surface area (Å²) in [6.45, 7) is 0.893. The molecule has 3 aromatic rings. The van der Waals surface area contributed by atoms with Gasteiger partial charge in [-0.15, -0.1) is 0 Å². The molecule has 24 heavy (non-hydrogen) atoms. The van der Waals surface area contributed by atoms with Gasteiger partial charge in [-0.2, -0.15) is 5.26 Å². The lowest BCUT2D eigenvalue weighted by Crippen LogP contribution is -2.13. The van der Waals surface area contributed by atoms with E-state index in [0.29, 0.717) is 5.56 Å². The highest BCUT2D eigenvalue weighted by molar-refractivity contribution is 5.91. The first-order valence-electron chi connectivity index (χ1n) is 8.07. The van der Waals surface area contributed by atoms with Crippen LogP contribution in [0.2, 0.25) is 0 Å². The Kier molecular flexibility index (Phi) is 4.83. The number of hydrogen-bond donors (Lipinski definition) is 2. The van der Waals surface area contributed by atoms with Crippen LogP contribution < -0.4 is 10.1 Å². The van der Waals surface area contributed by atoms with Crippen molar-refractivity contribution < 1.29 is 4.74 Å². The van der Waals surface area contributed by atoms with Crippen LogP contribution >= 0.6 is 0 Å². The van der Waals surface area contributed by atoms with Crippen molar-refractivity contribution >= 4 is 10.9 Å². The minimum absolute atomic E-state index is 0.194. The second-order valence-corrected chi connectivity index (χ2v) is 5.81. The Bertz CT molecular complexity index is 862. The number of H-pyrrole nitrogens is 1. The number of nitrogens with zero attached hydrogens (tertiary/aromatic N) is 1. The summed E-state index contributed by atoms with van der Waals surface area (Å²) in [5.41, 5.74) is 3.98. The number of rotatable bonds is 6. The third kappa shape index (κ3) is 2.99. The molecule has 2 N–H and O–H groups in total. The van der Waals surface area contributed by atoms with Crippen molar-refractivity contribution in [2.45, 2.75) is 12.3 Å². The van der Waals surface area contributed by atoms with Crippen LogP contribution in [-0.2, 0) is 0 Å². The van der Waals surface area contributed by atoms with E-state index in [4.69, 9.17) is 4.74 Å². The van der Waals surface area contributed by atoms with Crippen molar-refractivity contribution in [1.82, 2.24) is 10.3 Å². The number of ether oxygens (including phenoxy) is 1. The standard InChI is InChI=1S/C20H21N3O/c1-22-9-8-17(14-6-4-3-5-7-14)18-10-16(24-2)11-19-20(18)15(12-21)13-23-19/h3-7,10-11,13,17,22-23H,8-9H2,1-2H3. The van der Waals surface area contributed by atoms with E-state index >= 15 is 0 Å². The fourth-order valence-corrected chi connectivity index (χ4v) is 3.23. The van der Waals surface area contributed by atoms with E-state index in [1.54, 1.807) is 13.3 Å². The van der Waals surface area contributed by atoms with Gasteiger partial charge in [0.1, 0.15) is 11.8 Å². The average Bonchev–Trinajstić information content (AvgIpc) is 3.05. The molecule has 0 radical (unpaired) electrons. The molecule has 0 saturated carbocycles. The summed E-state index contributed by atoms with van der Waals surface area (Å²) in [6, 6.07) is 16.7. The maximum Gasteiger partial charge on any atom is 0.121 e. The number of methoxy groups -OCH3 is 1. The zero-order valence-electron chi connectivity index (χ0n) is 14.0. The number of benzene rings is 2. The Labute approximate surface area is 142 Å². The first-order valence-corrected chi connectivity index (χ1v) is 8.07. The average molecular weight is 319 g/mol. The predicted octanol–water partition coefficient (Wildman–Crippen LogP) is 3.79. The molecule has 0 bridgehead atoms. The molecule has 1 unspecified atom stereocenters. The molecule has 4 heteroatoms. The molecule has 122 valence electrons. The van der Waals surface area contributed by atoms with Crippen LogP contribution in [0, 0.1) is 11.3 Å². The Morgan fingerprint density at radius 1 is 1.25 bits per heavy atom. The summed E-state index contributed by atoms with van der Waals surface area (Å²) in [5.74, 6) is 0.994. The number of nitriles is 1. The topological polar surface area (TPSA) is 60.8 Å². The maximum atomic E-state index is 9.49. The van der Waals surface area contributed by atoms with E-state index in [1.807, 2.05) is 19.2 Å². The van der Waals surface area contributed by atoms with E-state index in [1.165, 1.54) is 5.56 Å². The minimum atomic E-state index is 0.194. The van der Waals surface area contributed by atoms with Crippen LogP contribution in [0.3, 0.4) is 0 Å². The molecule has 0 saturated heterocycles. The van der Waals surface area contributed by atoms with Gasteiger partial charge in [0, 0.05) is 23.6 Å². The molecule has 1 atom stereocenters. The summed E-state index contributed by atoms with van der Waals surface area (Å²) < 4.78 is 5.48. The Balaban J connectivity index is 2.22. The maximum absolute atomic E-state index is 9.49. The van der Waals surface area contributed by atoms with E-state index in [9.17, 15) is 5.26 Å². The summed E-state index contributed by atoms with van der Waals surface area (Å²) in [6.07, 6.45) is 2.71. The van der Waals surface area contributed by atoms with Gasteiger partial charge in [-0.3, -0.25) is 0 Å². The van der Waals surface area contributed by atoms with Crippen molar-refractivity contribution in [2.24, 2.45) is 0 Å². The summed E-state index contributed by atoms with van der Waals surface area (Å²) in [7, 11) is 3.63. The molecule has 1 heterocycles. The molecule has 0 fully saturated rings. The Hall–Kier alpha value is -2.77. The highest BCUT2D eigenvalue weighted by Gasteiger charge is 2.20. The van der Waals surface area contributed by atoms with E-state index in [0.717, 1.165) is 35.2 Å². The van der Waals surface area contributed by atoms with Gasteiger partial charge in [-0.1, -0.05) is 30.3 Å². The lowest BCUT2D eigenvalue weighted by Gasteiger charge is -2.20. The molecule has 0 spiro atoms. The van der Waals surface area contributed by atoms with Crippen LogP contribution in [0.1, 0.15) is 29.0 Å². The Morgan fingerprint density at radius 3 is 2.71 bits per heavy atom. The van der Waals surface area contributed by atoms with Gasteiger partial charge >= 0.3 is 0 Å². The Morgan fingerprint density at radius 2 is 2.04 bits per heavy atom. The molecule has 0 amide bonds. The number of fused-ring (bicyclic) bond motifs is 1. The molecular formula is C20H21N3O. The molecule has 0 aliphatic heterocycles. The first kappa shape index (κ1) is 16.1. The van der Waals surface area contributed by atoms with Crippen molar-refractivity contribution in [2.75, 3.05) is 20.7 Å². The molecule has 1 aromatic heterocycles. The second kappa shape index (κ2) is 7.20. The van der Waals surface area contributed by atoms with E-state index in [2.05, 4.69) is 46.7 Å². The molecule has 2 aromatic carbocycles. The summed E-state index contributed by atoms with van der Waals surface area (Å²) >= 11 is 0. The largest absolute Gasteiger partial charge is 0.497 e. The third-order valence-electron chi connectivity index (χ3n) is 4.40. The monoisotopic (exact) mass is 319 g/mol. The number of nitrogens with one attached hydrogen (secondary N) is 2. The molecule has 0 aliphatic carbocycles. The zero-order chi connectivity index (χ0) is 16.9. The van der Waals surface area contributed by atoms with Gasteiger partial charge in [-0.25, -0.2) is 0 Å². The van der Waals surface area contributed by atoms with Crippen LogP contribution in [0.5, 0.6) is 5.75 Å². The fourth-order valence-electron chi connectivity index (χ4n) is 3.23. The quantitative estimate of drug-likeness (QED) is 0.726. The highest BCUT2D eigenvalue weighted by Crippen LogP contribution is 2.37. The lowest BCUT2D eigenvalue weighted by molar-refractivity contribution is 0.414. The van der Waals surface area contributed by atoms with E-state index in [-0.39, 0.29) is 5.92 Å². The lowest BCUT2D eigenvalue weighted by atomic mass is 9.85. The van der Waals surface area contributed by atoms with Crippen LogP contribution in [0.25, 0.3) is 10.9 Å². The number of aromatic nitrogens is 1. The highest BCUT2D eigenvalue weighted by atomic mass is 16.5. The third-order valence-corrected chi connectivity index (χ3v) is 4.40. The molecule has 3 rings (SSSR count). The fraction of sp³-hybridized carbons (Fsp3) is 0.250. The number of aromatic amines is 1. The first-order chi connectivity index (χ1) is 11.8. The van der Waals surface area contributed by atoms with Crippen LogP contribution in [-0.4, -0.2) is 25.7 Å². The molecular weight excluding hydrogens is 298 g/mol. The SMILES string of the molecule is CNCCC(c1ccccc1)c1cc(OC)cc2[nH]cc(C#N)c12. The minimum Gasteiger partial charge on any atom is -0.497 e. The van der Waals surface area contributed by atoms with Gasteiger partial charge in [0.2, 0.25) is 0 Å². The zero-order valence-corrected chi connectivity index (χ0v) is 14.0. The van der Waals surface area contributed by atoms with Gasteiger partial charge in [0.25, 0.3) is 0 Å². The van der Waals surface area contributed by atoms with Crippen molar-refractivity contribution in [1.29, 1.82) is 5.26 Å². The van der Waals surface area contributed by atoms with Gasteiger partial charge in [-0.05, 0) is 37.2 Å². The van der Waals surface area contributed by atoms with Crippen LogP contribution in [0.4, 0.5) is 0 Å². The van der Waals surface area contributed by atoms with E-state index < -0.39 is 0 Å². The van der Waals surface area contributed by atoms with Crippen LogP contribution in [0.15, 0.2) is 48.7 Å². The van der Waals surface area contributed by atoms with Gasteiger partial charge in [0.15, 0.2) is 0 Å². The number of hydrogen-bond acceptors (Lipinski definition) is 3. The summed E-state index contributed by atoms with van der Waals surface area (Å²) in [4.78, 5) is 3.20. The molecule has 4 nitrogen and oxygen atoms in total. The summed E-state index contributed by atoms with van der Waals surface area (Å²) in [5, 5.41) is 13.7. The molecule has 0 aliphatic rings. The predicted molar refractivity (Wildman–Crippen MR) is 96.4 cm³/mol. The second-order valence-electron chi connectivity index (χ2n) is 5.81. The normalized spacial score (nSPS) is 12.0.